The van der Waals surface area contributed by atoms with Crippen molar-refractivity contribution in [2.24, 2.45) is 0 Å². The first-order valence-corrected chi connectivity index (χ1v) is 13.7. The number of carbonyl (C=O) groups excluding carboxylic acids is 1. The number of anilines is 1. The summed E-state index contributed by atoms with van der Waals surface area (Å²) < 4.78 is 6.20. The molecular formula is C28H43N3O2. The average Bonchev–Trinajstić information content (AvgIpc) is 3.55. The molecule has 0 radical (unpaired) electrons. The molecule has 5 heteroatoms. The van der Waals surface area contributed by atoms with Gasteiger partial charge in [-0.25, -0.2) is 0 Å². The number of hydrogen-bond donors (Lipinski definition) is 0. The van der Waals surface area contributed by atoms with Gasteiger partial charge in [-0.15, -0.1) is 0 Å². The predicted molar refractivity (Wildman–Crippen MR) is 134 cm³/mol. The normalized spacial score (nSPS) is 26.0. The molecule has 1 amide bonds. The zero-order valence-electron chi connectivity index (χ0n) is 20.7. The van der Waals surface area contributed by atoms with Gasteiger partial charge in [-0.05, 0) is 102 Å². The van der Waals surface area contributed by atoms with Crippen LogP contribution >= 0.6 is 0 Å². The average molecular weight is 454 g/mol. The molecule has 4 fully saturated rings. The molecule has 5 nitrogen and oxygen atoms in total. The maximum atomic E-state index is 12.7. The first-order valence-electron chi connectivity index (χ1n) is 13.7. The van der Waals surface area contributed by atoms with E-state index in [0.717, 1.165) is 49.5 Å². The summed E-state index contributed by atoms with van der Waals surface area (Å²) in [7, 11) is 0. The Hall–Kier alpha value is -1.59. The zero-order chi connectivity index (χ0) is 22.7. The Bertz CT molecular complexity index is 808. The van der Waals surface area contributed by atoms with Crippen LogP contribution in [0.4, 0.5) is 5.69 Å². The van der Waals surface area contributed by atoms with Gasteiger partial charge >= 0.3 is 0 Å². The van der Waals surface area contributed by atoms with E-state index in [4.69, 9.17) is 4.74 Å². The van der Waals surface area contributed by atoms with Gasteiger partial charge in [0.2, 0.25) is 5.91 Å². The van der Waals surface area contributed by atoms with E-state index in [1.165, 1.54) is 77.4 Å². The fraction of sp³-hybridized carbons (Fsp3) is 0.750. The fourth-order valence-corrected chi connectivity index (χ4v) is 7.04. The van der Waals surface area contributed by atoms with Crippen LogP contribution in [0.5, 0.6) is 5.75 Å². The minimum absolute atomic E-state index is 0.275. The second-order valence-corrected chi connectivity index (χ2v) is 11.0. The van der Waals surface area contributed by atoms with Gasteiger partial charge < -0.3 is 14.5 Å². The Labute approximate surface area is 200 Å². The van der Waals surface area contributed by atoms with Crippen molar-refractivity contribution in [3.8, 4) is 5.75 Å². The minimum Gasteiger partial charge on any atom is -0.493 e. The fourth-order valence-electron chi connectivity index (χ4n) is 7.04. The molecule has 33 heavy (non-hydrogen) atoms. The highest BCUT2D eigenvalue weighted by Gasteiger charge is 2.42. The highest BCUT2D eigenvalue weighted by atomic mass is 16.5. The van der Waals surface area contributed by atoms with Gasteiger partial charge in [-0.3, -0.25) is 9.69 Å². The van der Waals surface area contributed by atoms with Gasteiger partial charge in [-0.1, -0.05) is 19.3 Å². The van der Waals surface area contributed by atoms with E-state index in [9.17, 15) is 4.79 Å². The molecule has 5 rings (SSSR count). The molecule has 1 unspecified atom stereocenters. The molecule has 1 spiro atoms. The van der Waals surface area contributed by atoms with Crippen LogP contribution in [-0.4, -0.2) is 66.6 Å². The lowest BCUT2D eigenvalue weighted by molar-refractivity contribution is -0.117. The minimum atomic E-state index is 0.275. The van der Waals surface area contributed by atoms with Gasteiger partial charge in [0.15, 0.2) is 0 Å². The topological polar surface area (TPSA) is 36.0 Å². The van der Waals surface area contributed by atoms with E-state index in [-0.39, 0.29) is 5.91 Å². The monoisotopic (exact) mass is 453 g/mol. The lowest BCUT2D eigenvalue weighted by Crippen LogP contribution is -2.43. The molecule has 1 atom stereocenters. The lowest BCUT2D eigenvalue weighted by atomic mass is 9.94. The number of hydrogen-bond acceptors (Lipinski definition) is 4. The van der Waals surface area contributed by atoms with Crippen LogP contribution in [0.1, 0.15) is 82.6 Å². The van der Waals surface area contributed by atoms with Crippen molar-refractivity contribution >= 4 is 11.6 Å². The molecule has 1 aliphatic carbocycles. The Morgan fingerprint density at radius 1 is 1.00 bits per heavy atom. The third-order valence-electron chi connectivity index (χ3n) is 8.78. The molecule has 0 N–H and O–H groups in total. The molecular weight excluding hydrogens is 410 g/mol. The summed E-state index contributed by atoms with van der Waals surface area (Å²) in [4.78, 5) is 20.1. The molecule has 1 saturated carbocycles. The lowest BCUT2D eigenvalue weighted by Gasteiger charge is -2.35. The largest absolute Gasteiger partial charge is 0.493 e. The van der Waals surface area contributed by atoms with Crippen LogP contribution in [-0.2, 0) is 4.79 Å². The summed E-state index contributed by atoms with van der Waals surface area (Å²) in [6.07, 6.45) is 15.1. The zero-order valence-corrected chi connectivity index (χ0v) is 20.7. The Balaban J connectivity index is 1.14. The number of nitrogens with zero attached hydrogens (tertiary/aromatic N) is 3. The number of rotatable bonds is 8. The molecule has 4 aliphatic rings. The number of amides is 1. The molecule has 182 valence electrons. The Morgan fingerprint density at radius 2 is 1.79 bits per heavy atom. The van der Waals surface area contributed by atoms with E-state index in [1.54, 1.807) is 0 Å². The summed E-state index contributed by atoms with van der Waals surface area (Å²) in [5.41, 5.74) is 2.71. The van der Waals surface area contributed by atoms with Crippen molar-refractivity contribution < 1.29 is 9.53 Å². The smallest absolute Gasteiger partial charge is 0.227 e. The summed E-state index contributed by atoms with van der Waals surface area (Å²) in [6.45, 7) is 8.71. The van der Waals surface area contributed by atoms with Crippen molar-refractivity contribution in [2.45, 2.75) is 95.6 Å². The van der Waals surface area contributed by atoms with Crippen LogP contribution in [0.3, 0.4) is 0 Å². The molecule has 3 aliphatic heterocycles. The molecule has 0 aromatic heterocycles. The van der Waals surface area contributed by atoms with E-state index >= 15 is 0 Å². The van der Waals surface area contributed by atoms with Gasteiger partial charge in [0, 0.05) is 30.7 Å². The van der Waals surface area contributed by atoms with E-state index < -0.39 is 0 Å². The van der Waals surface area contributed by atoms with E-state index in [1.807, 2.05) is 0 Å². The van der Waals surface area contributed by atoms with E-state index in [2.05, 4.69) is 39.8 Å². The third kappa shape index (κ3) is 5.09. The second kappa shape index (κ2) is 10.4. The molecule has 3 saturated heterocycles. The molecule has 1 aromatic carbocycles. The number of benzene rings is 1. The quantitative estimate of drug-likeness (QED) is 0.510. The summed E-state index contributed by atoms with van der Waals surface area (Å²) >= 11 is 0. The molecule has 3 heterocycles. The van der Waals surface area contributed by atoms with Gasteiger partial charge in [-0.2, -0.15) is 0 Å². The molecule has 0 bridgehead atoms. The van der Waals surface area contributed by atoms with Crippen molar-refractivity contribution in [1.82, 2.24) is 9.80 Å². The summed E-state index contributed by atoms with van der Waals surface area (Å²) in [5.74, 6) is 1.24. The highest BCUT2D eigenvalue weighted by molar-refractivity contribution is 5.96. The number of carbonyl (C=O) groups is 1. The highest BCUT2D eigenvalue weighted by Crippen LogP contribution is 2.43. The number of piperidine rings is 1. The van der Waals surface area contributed by atoms with Crippen LogP contribution in [0, 0.1) is 6.92 Å². The van der Waals surface area contributed by atoms with Crippen LogP contribution in [0.15, 0.2) is 18.2 Å². The second-order valence-electron chi connectivity index (χ2n) is 11.0. The number of likely N-dealkylation sites (tertiary alicyclic amines) is 2. The van der Waals surface area contributed by atoms with Crippen LogP contribution < -0.4 is 9.64 Å². The third-order valence-corrected chi connectivity index (χ3v) is 8.78. The SMILES string of the molecule is Cc1cc(N2C(=O)CCC2CN2CCCCC2)ccc1OCCCN1CCCC12CCCC2. The van der Waals surface area contributed by atoms with Gasteiger partial charge in [0.25, 0.3) is 0 Å². The van der Waals surface area contributed by atoms with Crippen LogP contribution in [0.2, 0.25) is 0 Å². The van der Waals surface area contributed by atoms with Crippen molar-refractivity contribution in [3.05, 3.63) is 23.8 Å². The van der Waals surface area contributed by atoms with Crippen molar-refractivity contribution in [1.29, 1.82) is 0 Å². The van der Waals surface area contributed by atoms with Gasteiger partial charge in [0.05, 0.1) is 12.6 Å². The maximum absolute atomic E-state index is 12.7. The summed E-state index contributed by atoms with van der Waals surface area (Å²) in [6, 6.07) is 6.66. The molecule has 1 aromatic rings. The predicted octanol–water partition coefficient (Wildman–Crippen LogP) is 5.15. The first kappa shape index (κ1) is 23.2. The standard InChI is InChI=1S/C28H43N3O2/c1-23-21-24(31-25(10-12-27(31)32)22-29-16-5-2-6-17-29)9-11-26(23)33-20-8-19-30-18-7-15-28(30)13-3-4-14-28/h9,11,21,25H,2-8,10,12-20,22H2,1H3. The Kier molecular flexibility index (Phi) is 7.27. The first-order chi connectivity index (χ1) is 16.1. The van der Waals surface area contributed by atoms with E-state index in [0.29, 0.717) is 18.0 Å². The van der Waals surface area contributed by atoms with Crippen molar-refractivity contribution in [3.63, 3.8) is 0 Å². The summed E-state index contributed by atoms with van der Waals surface area (Å²) in [5, 5.41) is 0. The van der Waals surface area contributed by atoms with Gasteiger partial charge in [0.1, 0.15) is 5.75 Å². The van der Waals surface area contributed by atoms with Crippen LogP contribution in [0.25, 0.3) is 0 Å². The number of ether oxygens (including phenoxy) is 1. The Morgan fingerprint density at radius 3 is 2.58 bits per heavy atom. The maximum Gasteiger partial charge on any atom is 0.227 e. The number of aryl methyl sites for hydroxylation is 1. The van der Waals surface area contributed by atoms with Crippen molar-refractivity contribution in [2.75, 3.05) is 44.2 Å².